The van der Waals surface area contributed by atoms with Crippen LogP contribution in [0.15, 0.2) is 58.2 Å². The van der Waals surface area contributed by atoms with E-state index < -0.39 is 0 Å². The van der Waals surface area contributed by atoms with E-state index in [1.54, 1.807) is 36.2 Å². The van der Waals surface area contributed by atoms with Crippen molar-refractivity contribution >= 4 is 29.3 Å². The van der Waals surface area contributed by atoms with Crippen LogP contribution in [-0.4, -0.2) is 47.0 Å². The van der Waals surface area contributed by atoms with E-state index in [4.69, 9.17) is 20.8 Å². The second-order valence-corrected chi connectivity index (χ2v) is 7.51. The smallest absolute Gasteiger partial charge is 0.277 e. The number of hydrogen-bond donors (Lipinski definition) is 0. The van der Waals surface area contributed by atoms with Gasteiger partial charge in [-0.2, -0.15) is 0 Å². The van der Waals surface area contributed by atoms with Gasteiger partial charge < -0.3 is 14.1 Å². The van der Waals surface area contributed by atoms with Gasteiger partial charge in [0.05, 0.1) is 12.3 Å². The molecule has 0 saturated heterocycles. The Balaban J connectivity index is 1.44. The third-order valence-corrected chi connectivity index (χ3v) is 4.98. The maximum Gasteiger partial charge on any atom is 0.277 e. The summed E-state index contributed by atoms with van der Waals surface area (Å²) in [7, 11) is 1.74. The number of likely N-dealkylation sites (N-methyl/N-ethyl adjacent to an activating group) is 1. The molecule has 2 aromatic carbocycles. The number of aryl methyl sites for hydroxylation is 1. The minimum absolute atomic E-state index is 0.0417. The molecule has 6 nitrogen and oxygen atoms in total. The SMILES string of the molecule is Cc1cccc(-c2nnc(SCC(=O)N(C)CCOc3ccc(Cl)cc3)o2)c1. The van der Waals surface area contributed by atoms with Crippen LogP contribution in [0, 0.1) is 6.92 Å². The quantitative estimate of drug-likeness (QED) is 0.508. The number of thioether (sulfide) groups is 1. The Morgan fingerprint density at radius 1 is 1.21 bits per heavy atom. The summed E-state index contributed by atoms with van der Waals surface area (Å²) in [6.45, 7) is 2.87. The van der Waals surface area contributed by atoms with Crippen LogP contribution in [0.2, 0.25) is 5.02 Å². The first-order chi connectivity index (χ1) is 13.5. The van der Waals surface area contributed by atoms with Crippen molar-refractivity contribution in [2.24, 2.45) is 0 Å². The maximum absolute atomic E-state index is 12.3. The molecule has 0 radical (unpaired) electrons. The number of hydrogen-bond acceptors (Lipinski definition) is 6. The second-order valence-electron chi connectivity index (χ2n) is 6.15. The van der Waals surface area contributed by atoms with Gasteiger partial charge in [0.25, 0.3) is 5.22 Å². The van der Waals surface area contributed by atoms with Crippen molar-refractivity contribution in [3.8, 4) is 17.2 Å². The van der Waals surface area contributed by atoms with Crippen LogP contribution in [-0.2, 0) is 4.79 Å². The summed E-state index contributed by atoms with van der Waals surface area (Å²) in [4.78, 5) is 13.9. The lowest BCUT2D eigenvalue weighted by molar-refractivity contribution is -0.127. The first-order valence-electron chi connectivity index (χ1n) is 8.67. The molecule has 0 N–H and O–H groups in total. The average molecular weight is 418 g/mol. The van der Waals surface area contributed by atoms with E-state index in [2.05, 4.69) is 10.2 Å². The van der Waals surface area contributed by atoms with Crippen LogP contribution in [0.4, 0.5) is 0 Å². The van der Waals surface area contributed by atoms with Gasteiger partial charge in [0.2, 0.25) is 11.8 Å². The predicted octanol–water partition coefficient (Wildman–Crippen LogP) is 4.33. The van der Waals surface area contributed by atoms with E-state index in [1.807, 2.05) is 31.2 Å². The Hall–Kier alpha value is -2.51. The number of benzene rings is 2. The van der Waals surface area contributed by atoms with Crippen molar-refractivity contribution in [1.82, 2.24) is 15.1 Å². The zero-order chi connectivity index (χ0) is 19.9. The molecule has 8 heteroatoms. The minimum atomic E-state index is -0.0417. The highest BCUT2D eigenvalue weighted by molar-refractivity contribution is 7.99. The molecule has 146 valence electrons. The third-order valence-electron chi connectivity index (χ3n) is 3.93. The molecule has 0 aliphatic rings. The topological polar surface area (TPSA) is 68.5 Å². The summed E-state index contributed by atoms with van der Waals surface area (Å²) >= 11 is 7.06. The molecular weight excluding hydrogens is 398 g/mol. The molecule has 1 aromatic heterocycles. The van der Waals surface area contributed by atoms with Crippen molar-refractivity contribution in [3.05, 3.63) is 59.1 Å². The summed E-state index contributed by atoms with van der Waals surface area (Å²) in [6.07, 6.45) is 0. The normalized spacial score (nSPS) is 10.7. The van der Waals surface area contributed by atoms with Crippen molar-refractivity contribution in [2.45, 2.75) is 12.1 Å². The van der Waals surface area contributed by atoms with E-state index in [0.717, 1.165) is 11.1 Å². The number of rotatable bonds is 8. The lowest BCUT2D eigenvalue weighted by Crippen LogP contribution is -2.32. The van der Waals surface area contributed by atoms with Crippen LogP contribution < -0.4 is 4.74 Å². The van der Waals surface area contributed by atoms with Gasteiger partial charge >= 0.3 is 0 Å². The van der Waals surface area contributed by atoms with E-state index in [9.17, 15) is 4.79 Å². The molecule has 0 aliphatic heterocycles. The highest BCUT2D eigenvalue weighted by Gasteiger charge is 2.14. The highest BCUT2D eigenvalue weighted by atomic mass is 35.5. The van der Waals surface area contributed by atoms with E-state index >= 15 is 0 Å². The molecule has 0 fully saturated rings. The molecule has 3 aromatic rings. The van der Waals surface area contributed by atoms with Gasteiger partial charge in [0.1, 0.15) is 12.4 Å². The zero-order valence-electron chi connectivity index (χ0n) is 15.6. The fourth-order valence-corrected chi connectivity index (χ4v) is 3.18. The van der Waals surface area contributed by atoms with Gasteiger partial charge in [-0.15, -0.1) is 10.2 Å². The molecule has 3 rings (SSSR count). The van der Waals surface area contributed by atoms with Crippen LogP contribution in [0.1, 0.15) is 5.56 Å². The summed E-state index contributed by atoms with van der Waals surface area (Å²) in [5, 5.41) is 9.08. The standard InChI is InChI=1S/C20H20ClN3O3S/c1-14-4-3-5-15(12-14)19-22-23-20(27-19)28-13-18(25)24(2)10-11-26-17-8-6-16(21)7-9-17/h3-9,12H,10-11,13H2,1-2H3. The molecule has 0 spiro atoms. The largest absolute Gasteiger partial charge is 0.492 e. The molecule has 0 saturated carbocycles. The molecular formula is C20H20ClN3O3S. The van der Waals surface area contributed by atoms with Gasteiger partial charge in [-0.1, -0.05) is 41.1 Å². The van der Waals surface area contributed by atoms with E-state index in [1.165, 1.54) is 11.8 Å². The maximum atomic E-state index is 12.3. The summed E-state index contributed by atoms with van der Waals surface area (Å²) in [5.74, 6) is 1.34. The fraction of sp³-hybridized carbons (Fsp3) is 0.250. The van der Waals surface area contributed by atoms with Gasteiger partial charge in [-0.25, -0.2) is 0 Å². The number of carbonyl (C=O) groups is 1. The van der Waals surface area contributed by atoms with Crippen LogP contribution >= 0.6 is 23.4 Å². The number of amides is 1. The van der Waals surface area contributed by atoms with Gasteiger partial charge in [-0.05, 0) is 43.3 Å². The third kappa shape index (κ3) is 5.74. The van der Waals surface area contributed by atoms with Gasteiger partial charge in [0.15, 0.2) is 0 Å². The molecule has 1 amide bonds. The Kier molecular flexibility index (Phi) is 6.95. The molecule has 28 heavy (non-hydrogen) atoms. The highest BCUT2D eigenvalue weighted by Crippen LogP contribution is 2.24. The molecule has 0 bridgehead atoms. The second kappa shape index (κ2) is 9.61. The van der Waals surface area contributed by atoms with Gasteiger partial charge in [-0.3, -0.25) is 4.79 Å². The van der Waals surface area contributed by atoms with Crippen molar-refractivity contribution < 1.29 is 13.9 Å². The monoisotopic (exact) mass is 417 g/mol. The van der Waals surface area contributed by atoms with Gasteiger partial charge in [0, 0.05) is 17.6 Å². The molecule has 0 unspecified atom stereocenters. The van der Waals surface area contributed by atoms with Crippen LogP contribution in [0.25, 0.3) is 11.5 Å². The molecule has 0 atom stereocenters. The Bertz CT molecular complexity index is 930. The Labute approximate surface area is 172 Å². The van der Waals surface area contributed by atoms with E-state index in [0.29, 0.717) is 35.0 Å². The minimum Gasteiger partial charge on any atom is -0.492 e. The summed E-state index contributed by atoms with van der Waals surface area (Å²) < 4.78 is 11.2. The van der Waals surface area contributed by atoms with Crippen LogP contribution in [0.5, 0.6) is 5.75 Å². The first kappa shape index (κ1) is 20.2. The average Bonchev–Trinajstić information content (AvgIpc) is 3.16. The molecule has 1 heterocycles. The predicted molar refractivity (Wildman–Crippen MR) is 110 cm³/mol. The number of ether oxygens (including phenoxy) is 1. The number of aromatic nitrogens is 2. The van der Waals surface area contributed by atoms with E-state index in [-0.39, 0.29) is 11.7 Å². The lowest BCUT2D eigenvalue weighted by Gasteiger charge is -2.16. The lowest BCUT2D eigenvalue weighted by atomic mass is 10.1. The summed E-state index contributed by atoms with van der Waals surface area (Å²) in [5.41, 5.74) is 1.98. The Morgan fingerprint density at radius 2 is 2.00 bits per heavy atom. The molecule has 0 aliphatic carbocycles. The Morgan fingerprint density at radius 3 is 2.75 bits per heavy atom. The van der Waals surface area contributed by atoms with Crippen molar-refractivity contribution in [2.75, 3.05) is 26.0 Å². The number of nitrogens with zero attached hydrogens (tertiary/aromatic N) is 3. The van der Waals surface area contributed by atoms with Crippen molar-refractivity contribution in [1.29, 1.82) is 0 Å². The van der Waals surface area contributed by atoms with Crippen molar-refractivity contribution in [3.63, 3.8) is 0 Å². The zero-order valence-corrected chi connectivity index (χ0v) is 17.2. The first-order valence-corrected chi connectivity index (χ1v) is 10.0. The fourth-order valence-electron chi connectivity index (χ4n) is 2.35. The number of carbonyl (C=O) groups excluding carboxylic acids is 1. The van der Waals surface area contributed by atoms with Crippen LogP contribution in [0.3, 0.4) is 0 Å². The number of halogens is 1. The summed E-state index contributed by atoms with van der Waals surface area (Å²) in [6, 6.07) is 14.9.